The molecule has 0 saturated carbocycles. The topological polar surface area (TPSA) is 42.8 Å². The summed E-state index contributed by atoms with van der Waals surface area (Å²) in [6.45, 7) is 5.65. The number of anilines is 1. The quantitative estimate of drug-likeness (QED) is 0.905. The number of fused-ring (bicyclic) bond motifs is 1. The Morgan fingerprint density at radius 1 is 1.30 bits per heavy atom. The summed E-state index contributed by atoms with van der Waals surface area (Å²) in [4.78, 5) is 4.84. The second-order valence-corrected chi connectivity index (χ2v) is 6.43. The van der Waals surface area contributed by atoms with E-state index in [1.165, 1.54) is 0 Å². The summed E-state index contributed by atoms with van der Waals surface area (Å²) < 4.78 is 11.1. The molecule has 20 heavy (non-hydrogen) atoms. The molecule has 0 radical (unpaired) electrons. The maximum atomic E-state index is 5.60. The summed E-state index contributed by atoms with van der Waals surface area (Å²) in [5.74, 6) is 2.74. The van der Waals surface area contributed by atoms with E-state index in [2.05, 4.69) is 19.2 Å². The lowest BCUT2D eigenvalue weighted by atomic mass is 9.97. The molecule has 3 rings (SSSR count). The number of nitrogens with one attached hydrogen (secondary N) is 1. The monoisotopic (exact) mass is 292 g/mol. The van der Waals surface area contributed by atoms with E-state index in [0.717, 1.165) is 40.9 Å². The average molecular weight is 292 g/mol. The number of amidine groups is 1. The highest BCUT2D eigenvalue weighted by atomic mass is 32.2. The van der Waals surface area contributed by atoms with E-state index in [0.29, 0.717) is 13.2 Å². The van der Waals surface area contributed by atoms with Crippen LogP contribution in [0.25, 0.3) is 0 Å². The minimum Gasteiger partial charge on any atom is -0.486 e. The molecule has 0 aliphatic carbocycles. The Labute approximate surface area is 123 Å². The number of hydrogen-bond donors (Lipinski definition) is 1. The Morgan fingerprint density at radius 3 is 2.90 bits per heavy atom. The van der Waals surface area contributed by atoms with Crippen LogP contribution in [0.2, 0.25) is 0 Å². The van der Waals surface area contributed by atoms with Crippen LogP contribution < -0.4 is 14.8 Å². The van der Waals surface area contributed by atoms with Gasteiger partial charge in [-0.15, -0.1) is 0 Å². The highest BCUT2D eigenvalue weighted by Gasteiger charge is 2.26. The van der Waals surface area contributed by atoms with Gasteiger partial charge in [-0.3, -0.25) is 4.99 Å². The molecule has 2 aliphatic rings. The Bertz CT molecular complexity index is 533. The summed E-state index contributed by atoms with van der Waals surface area (Å²) in [7, 11) is 0. The number of rotatable bonds is 2. The highest BCUT2D eigenvalue weighted by Crippen LogP contribution is 2.34. The maximum Gasteiger partial charge on any atom is 0.163 e. The van der Waals surface area contributed by atoms with Gasteiger partial charge >= 0.3 is 0 Å². The van der Waals surface area contributed by atoms with Crippen molar-refractivity contribution in [2.24, 2.45) is 4.99 Å². The molecule has 1 unspecified atom stereocenters. The molecule has 1 aromatic rings. The van der Waals surface area contributed by atoms with Crippen LogP contribution in [0.15, 0.2) is 23.2 Å². The SMILES string of the molecule is CCC1(C)CCSC(Nc2ccc3c(c2)OCCO3)=N1. The maximum absolute atomic E-state index is 5.60. The van der Waals surface area contributed by atoms with Crippen molar-refractivity contribution in [2.45, 2.75) is 32.2 Å². The van der Waals surface area contributed by atoms with Gasteiger partial charge in [-0.1, -0.05) is 18.7 Å². The molecule has 5 heteroatoms. The Kier molecular flexibility index (Phi) is 3.78. The van der Waals surface area contributed by atoms with Gasteiger partial charge < -0.3 is 14.8 Å². The second-order valence-electron chi connectivity index (χ2n) is 5.35. The summed E-state index contributed by atoms with van der Waals surface area (Å²) in [6.07, 6.45) is 2.21. The molecule has 0 spiro atoms. The van der Waals surface area contributed by atoms with E-state index in [9.17, 15) is 0 Å². The average Bonchev–Trinajstić information content (AvgIpc) is 2.47. The Hall–Kier alpha value is -1.36. The van der Waals surface area contributed by atoms with Crippen molar-refractivity contribution < 1.29 is 9.47 Å². The van der Waals surface area contributed by atoms with Gasteiger partial charge in [0.1, 0.15) is 13.2 Å². The Morgan fingerprint density at radius 2 is 2.10 bits per heavy atom. The molecule has 1 N–H and O–H groups in total. The van der Waals surface area contributed by atoms with Crippen LogP contribution in [0.1, 0.15) is 26.7 Å². The number of hydrogen-bond acceptors (Lipinski definition) is 5. The lowest BCUT2D eigenvalue weighted by Gasteiger charge is -2.29. The molecule has 0 amide bonds. The van der Waals surface area contributed by atoms with Crippen LogP contribution in [-0.4, -0.2) is 29.7 Å². The van der Waals surface area contributed by atoms with Gasteiger partial charge in [0, 0.05) is 17.5 Å². The van der Waals surface area contributed by atoms with Gasteiger partial charge in [0.05, 0.1) is 5.54 Å². The Balaban J connectivity index is 1.77. The molecule has 0 bridgehead atoms. The van der Waals surface area contributed by atoms with E-state index >= 15 is 0 Å². The fraction of sp³-hybridized carbons (Fsp3) is 0.533. The van der Waals surface area contributed by atoms with Crippen LogP contribution >= 0.6 is 11.8 Å². The van der Waals surface area contributed by atoms with Crippen LogP contribution in [0, 0.1) is 0 Å². The molecular weight excluding hydrogens is 272 g/mol. The van der Waals surface area contributed by atoms with Crippen LogP contribution in [0.4, 0.5) is 5.69 Å². The lowest BCUT2D eigenvalue weighted by Crippen LogP contribution is -2.29. The van der Waals surface area contributed by atoms with Crippen molar-refractivity contribution in [1.29, 1.82) is 0 Å². The smallest absolute Gasteiger partial charge is 0.163 e. The number of ether oxygens (including phenoxy) is 2. The summed E-state index contributed by atoms with van der Waals surface area (Å²) in [6, 6.07) is 5.94. The van der Waals surface area contributed by atoms with Gasteiger partial charge in [-0.25, -0.2) is 0 Å². The third kappa shape index (κ3) is 2.87. The molecule has 0 saturated heterocycles. The fourth-order valence-electron chi connectivity index (χ4n) is 2.27. The van der Waals surface area contributed by atoms with Gasteiger partial charge in [0.25, 0.3) is 0 Å². The molecule has 0 aromatic heterocycles. The second kappa shape index (κ2) is 5.56. The predicted molar refractivity (Wildman–Crippen MR) is 84.3 cm³/mol. The molecular formula is C15H20N2O2S. The molecule has 0 fully saturated rings. The van der Waals surface area contributed by atoms with Crippen molar-refractivity contribution in [1.82, 2.24) is 0 Å². The van der Waals surface area contributed by atoms with Crippen molar-refractivity contribution in [3.8, 4) is 11.5 Å². The first-order chi connectivity index (χ1) is 9.68. The van der Waals surface area contributed by atoms with E-state index in [1.54, 1.807) is 11.8 Å². The molecule has 2 aliphatic heterocycles. The molecule has 1 atom stereocenters. The zero-order chi connectivity index (χ0) is 14.0. The molecule has 4 nitrogen and oxygen atoms in total. The van der Waals surface area contributed by atoms with Gasteiger partial charge in [0.2, 0.25) is 0 Å². The summed E-state index contributed by atoms with van der Waals surface area (Å²) in [5, 5.41) is 4.40. The van der Waals surface area contributed by atoms with E-state index in [1.807, 2.05) is 18.2 Å². The van der Waals surface area contributed by atoms with E-state index < -0.39 is 0 Å². The first-order valence-corrected chi connectivity index (χ1v) is 8.06. The van der Waals surface area contributed by atoms with Gasteiger partial charge in [0.15, 0.2) is 16.7 Å². The number of nitrogens with zero attached hydrogens (tertiary/aromatic N) is 1. The third-order valence-corrected chi connectivity index (χ3v) is 4.68. The minimum absolute atomic E-state index is 0.0708. The minimum atomic E-state index is 0.0708. The predicted octanol–water partition coefficient (Wildman–Crippen LogP) is 3.53. The van der Waals surface area contributed by atoms with Crippen molar-refractivity contribution >= 4 is 22.6 Å². The fourth-order valence-corrected chi connectivity index (χ4v) is 3.48. The molecule has 1 aromatic carbocycles. The van der Waals surface area contributed by atoms with Crippen molar-refractivity contribution in [3.63, 3.8) is 0 Å². The van der Waals surface area contributed by atoms with Crippen LogP contribution in [-0.2, 0) is 0 Å². The number of thioether (sulfide) groups is 1. The largest absolute Gasteiger partial charge is 0.486 e. The lowest BCUT2D eigenvalue weighted by molar-refractivity contribution is 0.171. The first kappa shape index (κ1) is 13.6. The first-order valence-electron chi connectivity index (χ1n) is 7.08. The highest BCUT2D eigenvalue weighted by molar-refractivity contribution is 8.14. The standard InChI is InChI=1S/C15H20N2O2S/c1-3-15(2)6-9-20-14(17-15)16-11-4-5-12-13(10-11)19-8-7-18-12/h4-5,10H,3,6-9H2,1-2H3,(H,16,17). The summed E-state index contributed by atoms with van der Waals surface area (Å²) in [5.41, 5.74) is 1.07. The number of benzene rings is 1. The normalized spacial score (nSPS) is 25.0. The van der Waals surface area contributed by atoms with Gasteiger partial charge in [-0.2, -0.15) is 0 Å². The number of aliphatic imine (C=N–C) groups is 1. The van der Waals surface area contributed by atoms with Gasteiger partial charge in [-0.05, 0) is 31.9 Å². The summed E-state index contributed by atoms with van der Waals surface area (Å²) >= 11 is 1.78. The molecule has 2 heterocycles. The zero-order valence-corrected chi connectivity index (χ0v) is 12.8. The van der Waals surface area contributed by atoms with E-state index in [-0.39, 0.29) is 5.54 Å². The van der Waals surface area contributed by atoms with Crippen LogP contribution in [0.3, 0.4) is 0 Å². The molecule has 108 valence electrons. The zero-order valence-electron chi connectivity index (χ0n) is 11.9. The van der Waals surface area contributed by atoms with Crippen LogP contribution in [0.5, 0.6) is 11.5 Å². The van der Waals surface area contributed by atoms with E-state index in [4.69, 9.17) is 14.5 Å². The van der Waals surface area contributed by atoms with Crippen molar-refractivity contribution in [3.05, 3.63) is 18.2 Å². The van der Waals surface area contributed by atoms with Crippen molar-refractivity contribution in [2.75, 3.05) is 24.3 Å². The third-order valence-electron chi connectivity index (χ3n) is 3.81.